The molecule has 0 fully saturated rings. The highest BCUT2D eigenvalue weighted by molar-refractivity contribution is 7.20. The molecule has 8 nitrogen and oxygen atoms in total. The van der Waals surface area contributed by atoms with Crippen molar-refractivity contribution in [2.45, 2.75) is 6.54 Å². The number of hydrogen-bond acceptors (Lipinski definition) is 6. The molecule has 67 heavy (non-hydrogen) atoms. The van der Waals surface area contributed by atoms with Gasteiger partial charge in [-0.25, -0.2) is 97.6 Å². The van der Waals surface area contributed by atoms with Gasteiger partial charge in [0.15, 0.2) is 76.0 Å². The van der Waals surface area contributed by atoms with Crippen LogP contribution in [0.1, 0.15) is 20.8 Å². The van der Waals surface area contributed by atoms with Crippen molar-refractivity contribution >= 4 is 39.7 Å². The molecule has 1 heterocycles. The Kier molecular flexibility index (Phi) is 14.3. The van der Waals surface area contributed by atoms with Crippen LogP contribution in [0.5, 0.6) is 0 Å². The van der Waals surface area contributed by atoms with Crippen LogP contribution in [-0.4, -0.2) is 34.5 Å². The Morgan fingerprint density at radius 2 is 0.806 bits per heavy atom. The highest BCUT2D eigenvalue weighted by Gasteiger charge is 2.52. The summed E-state index contributed by atoms with van der Waals surface area (Å²) < 4.78 is 300. The molecule has 0 N–H and O–H groups in total. The Balaban J connectivity index is 0.000000319. The molecule has 0 unspecified atom stereocenters. The lowest BCUT2D eigenvalue weighted by molar-refractivity contribution is -0.683. The number of ether oxygens (including phenoxy) is 1. The summed E-state index contributed by atoms with van der Waals surface area (Å²) in [5.41, 5.74) is -13.9. The van der Waals surface area contributed by atoms with E-state index in [1.54, 1.807) is 30.3 Å². The maximum Gasteiger partial charge on any atom is 0.368 e. The van der Waals surface area contributed by atoms with Crippen molar-refractivity contribution in [1.82, 2.24) is 4.98 Å². The molecule has 0 saturated carbocycles. The highest BCUT2D eigenvalue weighted by atomic mass is 19.2. The van der Waals surface area contributed by atoms with Gasteiger partial charge in [0.2, 0.25) is 24.2 Å². The Bertz CT molecular complexity index is 2660. The lowest BCUT2D eigenvalue weighted by Crippen LogP contribution is -2.81. The Morgan fingerprint density at radius 3 is 1.10 bits per heavy atom. The van der Waals surface area contributed by atoms with Crippen molar-refractivity contribution in [3.63, 3.8) is 0 Å². The van der Waals surface area contributed by atoms with Gasteiger partial charge in [-0.2, -0.15) is 4.57 Å². The third-order valence-electron chi connectivity index (χ3n) is 9.40. The number of nitrogens with zero attached hydrogens (tertiary/aromatic N) is 3. The van der Waals surface area contributed by atoms with Crippen LogP contribution in [0.4, 0.5) is 87.8 Å². The number of nitro groups is 1. The number of hydrogen-bond donors (Lipinski definition) is 0. The minimum absolute atomic E-state index is 0.0159. The first-order chi connectivity index (χ1) is 31.3. The van der Waals surface area contributed by atoms with E-state index in [9.17, 15) is 72.4 Å². The minimum Gasteiger partial charge on any atom is -0.395 e. The minimum atomic E-state index is -7.22. The van der Waals surface area contributed by atoms with E-state index in [-0.39, 0.29) is 18.0 Å². The summed E-state index contributed by atoms with van der Waals surface area (Å²) >= 11 is 0. The van der Waals surface area contributed by atoms with Crippen molar-refractivity contribution < 1.29 is 112 Å². The van der Waals surface area contributed by atoms with E-state index in [0.29, 0.717) is 5.56 Å². The van der Waals surface area contributed by atoms with Gasteiger partial charge in [0.25, 0.3) is 0 Å². The molecule has 1 aromatic heterocycles. The number of carbonyl (C=O) groups excluding carboxylic acids is 2. The molecular weight excluding hydrogens is 969 g/mol. The lowest BCUT2D eigenvalue weighted by atomic mass is 9.12. The molecule has 0 aliphatic carbocycles. The smallest absolute Gasteiger partial charge is 0.368 e. The van der Waals surface area contributed by atoms with Crippen molar-refractivity contribution in [1.29, 1.82) is 0 Å². The molecule has 0 spiro atoms. The third kappa shape index (κ3) is 8.55. The number of rotatable bonds is 10. The summed E-state index contributed by atoms with van der Waals surface area (Å²) in [7, 11) is 0. The first-order valence-electron chi connectivity index (χ1n) is 17.2. The number of halogens is 20. The second kappa shape index (κ2) is 19.1. The van der Waals surface area contributed by atoms with Crippen LogP contribution in [0, 0.1) is 126 Å². The van der Waals surface area contributed by atoms with Crippen LogP contribution in [0.2, 0.25) is 0 Å². The molecule has 29 heteroatoms. The van der Waals surface area contributed by atoms with Gasteiger partial charge < -0.3 is 4.74 Å². The molecule has 0 saturated heterocycles. The normalized spacial score (nSPS) is 11.3. The predicted molar refractivity (Wildman–Crippen MR) is 182 cm³/mol. The fourth-order valence-electron chi connectivity index (χ4n) is 6.58. The van der Waals surface area contributed by atoms with E-state index in [1.165, 1.54) is 23.2 Å². The molecule has 0 aliphatic heterocycles. The van der Waals surface area contributed by atoms with Crippen LogP contribution in [-0.2, 0) is 11.3 Å². The molecule has 352 valence electrons. The van der Waals surface area contributed by atoms with Gasteiger partial charge in [0.05, 0.1) is 11.1 Å². The van der Waals surface area contributed by atoms with Crippen LogP contribution in [0.25, 0.3) is 0 Å². The molecule has 0 bridgehead atoms. The Morgan fingerprint density at radius 1 is 0.507 bits per heavy atom. The number of carbonyl (C=O) groups is 2. The van der Waals surface area contributed by atoms with Crippen molar-refractivity contribution in [2.24, 2.45) is 0 Å². The zero-order valence-corrected chi connectivity index (χ0v) is 31.6. The lowest BCUT2D eigenvalue weighted by Gasteiger charge is -2.44. The Labute approximate surface area is 356 Å². The first kappa shape index (κ1) is 50.4. The highest BCUT2D eigenvalue weighted by Crippen LogP contribution is 2.30. The fourth-order valence-corrected chi connectivity index (χ4v) is 6.58. The van der Waals surface area contributed by atoms with E-state index in [4.69, 9.17) is 0 Å². The largest absolute Gasteiger partial charge is 0.395 e. The maximum atomic E-state index is 15.4. The summed E-state index contributed by atoms with van der Waals surface area (Å²) in [5, 5.41) is 10.2. The van der Waals surface area contributed by atoms with Gasteiger partial charge in [0.1, 0.15) is 52.7 Å². The SMILES string of the molecule is Fc1c(F)c(F)c([B-](c2c(F)c(F)c(F)c(F)c2F)(c2c(F)c(F)c(F)c(F)c2F)c2c(F)c(F)c(F)c(F)c2F)c(F)c1F.O=C(C[n+]1ccnc(C(=O)OC[N+](=O)[O-])c1)c1ccccc1. The summed E-state index contributed by atoms with van der Waals surface area (Å²) in [5.74, 6) is -72.5. The van der Waals surface area contributed by atoms with E-state index in [2.05, 4.69) is 9.72 Å². The van der Waals surface area contributed by atoms with E-state index >= 15 is 35.1 Å². The van der Waals surface area contributed by atoms with Crippen molar-refractivity contribution in [2.75, 3.05) is 6.73 Å². The average molecular weight is 981 g/mol. The van der Waals surface area contributed by atoms with Crippen LogP contribution in [0.3, 0.4) is 0 Å². The Hall–Kier alpha value is -7.62. The first-order valence-corrected chi connectivity index (χ1v) is 17.2. The zero-order valence-electron chi connectivity index (χ0n) is 31.6. The van der Waals surface area contributed by atoms with Crippen LogP contribution in [0.15, 0.2) is 48.9 Å². The predicted octanol–water partition coefficient (Wildman–Crippen LogP) is 6.49. The molecular formula is C38H12BF20N3O5. The van der Waals surface area contributed by atoms with Gasteiger partial charge in [-0.3, -0.25) is 14.9 Å². The standard InChI is InChI=1S/C24BF20.C14H12N3O5/c26-5-1(6(27)14(35)21(42)13(5)34)25(2-7(28)15(36)22(43)16(37)8(2)29,3-9(30)17(38)23(44)18(39)10(3)31)4-11(32)19(40)24(45)20(41)12(4)33;18-13(11-4-2-1-3-5-11)9-16-7-6-15-12(8-16)14(19)22-10-17(20)21/h;1-8H,9-10H2/q-1;+1. The summed E-state index contributed by atoms with van der Waals surface area (Å²) in [4.78, 5) is 36.8. The summed E-state index contributed by atoms with van der Waals surface area (Å²) in [6, 6.07) is 8.70. The number of benzene rings is 5. The van der Waals surface area contributed by atoms with Gasteiger partial charge in [-0.05, 0) is 0 Å². The topological polar surface area (TPSA) is 103 Å². The monoisotopic (exact) mass is 981 g/mol. The quantitative estimate of drug-likeness (QED) is 0.0149. The summed E-state index contributed by atoms with van der Waals surface area (Å²) in [6.07, 6.45) is -3.07. The number of Topliss-reactive ketones (excluding diaryl/α,β-unsaturated/α-hetero) is 1. The van der Waals surface area contributed by atoms with Gasteiger partial charge >= 0.3 is 12.7 Å². The number of esters is 1. The number of ketones is 1. The molecule has 0 radical (unpaired) electrons. The average Bonchev–Trinajstić information content (AvgIpc) is 3.31. The van der Waals surface area contributed by atoms with E-state index in [1.807, 2.05) is 0 Å². The van der Waals surface area contributed by atoms with Crippen LogP contribution < -0.4 is 26.4 Å². The molecule has 0 amide bonds. The van der Waals surface area contributed by atoms with E-state index in [0.717, 1.165) is 0 Å². The van der Waals surface area contributed by atoms with Crippen LogP contribution >= 0.6 is 0 Å². The number of aromatic nitrogens is 2. The molecule has 6 rings (SSSR count). The van der Waals surface area contributed by atoms with Crippen molar-refractivity contribution in [3.05, 3.63) is 187 Å². The van der Waals surface area contributed by atoms with E-state index < -0.39 is 162 Å². The van der Waals surface area contributed by atoms with Gasteiger partial charge in [-0.15, -0.1) is 21.9 Å². The zero-order chi connectivity index (χ0) is 50.3. The van der Waals surface area contributed by atoms with Gasteiger partial charge in [0, 0.05) is 5.56 Å². The molecule has 0 atom stereocenters. The maximum absolute atomic E-state index is 15.4. The molecule has 5 aromatic carbocycles. The third-order valence-corrected chi connectivity index (χ3v) is 9.40. The van der Waals surface area contributed by atoms with Crippen molar-refractivity contribution in [3.8, 4) is 0 Å². The fraction of sp³-hybridized carbons (Fsp3) is 0.0526. The molecule has 6 aromatic rings. The molecule has 0 aliphatic rings. The second-order valence-corrected chi connectivity index (χ2v) is 13.1. The van der Waals surface area contributed by atoms with Gasteiger partial charge in [-0.1, -0.05) is 30.3 Å². The second-order valence-electron chi connectivity index (χ2n) is 13.1. The summed E-state index contributed by atoms with van der Waals surface area (Å²) in [6.45, 7) is -0.916.